The summed E-state index contributed by atoms with van der Waals surface area (Å²) >= 11 is 0. The number of benzene rings is 1. The first kappa shape index (κ1) is 12.6. The largest absolute Gasteiger partial charge is 0.335 e. The van der Waals surface area contributed by atoms with Gasteiger partial charge in [-0.25, -0.2) is 4.79 Å². The summed E-state index contributed by atoms with van der Waals surface area (Å²) in [4.78, 5) is 11.6. The van der Waals surface area contributed by atoms with E-state index in [0.717, 1.165) is 24.9 Å². The lowest BCUT2D eigenvalue weighted by atomic mass is 10.1. The molecule has 1 unspecified atom stereocenters. The molecule has 0 aromatic heterocycles. The Morgan fingerprint density at radius 2 is 1.94 bits per heavy atom. The van der Waals surface area contributed by atoms with Gasteiger partial charge < -0.3 is 10.6 Å². The summed E-state index contributed by atoms with van der Waals surface area (Å²) in [6.07, 6.45) is 3.08. The standard InChI is InChI=1S/C13H20N2O/c1-3-8-11(4-2)14-13(16)15-12-9-6-5-7-10-12/h5-7,9-11H,3-4,8H2,1-2H3,(H2,14,15,16). The normalized spacial score (nSPS) is 11.9. The number of hydrogen-bond acceptors (Lipinski definition) is 1. The van der Waals surface area contributed by atoms with Gasteiger partial charge in [0, 0.05) is 11.7 Å². The van der Waals surface area contributed by atoms with E-state index in [9.17, 15) is 4.79 Å². The van der Waals surface area contributed by atoms with Crippen LogP contribution in [0.4, 0.5) is 10.5 Å². The van der Waals surface area contributed by atoms with Crippen LogP contribution in [-0.4, -0.2) is 12.1 Å². The van der Waals surface area contributed by atoms with Gasteiger partial charge in [0.2, 0.25) is 0 Å². The summed E-state index contributed by atoms with van der Waals surface area (Å²) in [5, 5.41) is 5.78. The maximum absolute atomic E-state index is 11.6. The molecule has 2 N–H and O–H groups in total. The van der Waals surface area contributed by atoms with Gasteiger partial charge >= 0.3 is 6.03 Å². The smallest absolute Gasteiger partial charge is 0.319 e. The lowest BCUT2D eigenvalue weighted by Crippen LogP contribution is -2.37. The number of anilines is 1. The van der Waals surface area contributed by atoms with E-state index in [2.05, 4.69) is 24.5 Å². The van der Waals surface area contributed by atoms with E-state index >= 15 is 0 Å². The predicted molar refractivity (Wildman–Crippen MR) is 67.6 cm³/mol. The Balaban J connectivity index is 2.41. The van der Waals surface area contributed by atoms with Crippen LogP contribution in [0.5, 0.6) is 0 Å². The average Bonchev–Trinajstić information content (AvgIpc) is 2.29. The molecule has 0 aliphatic heterocycles. The minimum atomic E-state index is -0.119. The van der Waals surface area contributed by atoms with Gasteiger partial charge in [-0.1, -0.05) is 38.5 Å². The maximum Gasteiger partial charge on any atom is 0.319 e. The second-order valence-electron chi connectivity index (χ2n) is 3.86. The molecule has 1 aromatic carbocycles. The van der Waals surface area contributed by atoms with E-state index in [-0.39, 0.29) is 12.1 Å². The minimum absolute atomic E-state index is 0.119. The van der Waals surface area contributed by atoms with E-state index in [1.165, 1.54) is 0 Å². The molecule has 0 saturated heterocycles. The fourth-order valence-electron chi connectivity index (χ4n) is 1.60. The summed E-state index contributed by atoms with van der Waals surface area (Å²) < 4.78 is 0. The Hall–Kier alpha value is -1.51. The van der Waals surface area contributed by atoms with Crippen molar-refractivity contribution < 1.29 is 4.79 Å². The molecular weight excluding hydrogens is 200 g/mol. The number of hydrogen-bond donors (Lipinski definition) is 2. The average molecular weight is 220 g/mol. The monoisotopic (exact) mass is 220 g/mol. The molecule has 3 nitrogen and oxygen atoms in total. The van der Waals surface area contributed by atoms with Crippen LogP contribution in [-0.2, 0) is 0 Å². The van der Waals surface area contributed by atoms with E-state index in [1.807, 2.05) is 30.3 Å². The third kappa shape index (κ3) is 4.34. The van der Waals surface area contributed by atoms with Gasteiger partial charge in [-0.05, 0) is 25.0 Å². The highest BCUT2D eigenvalue weighted by molar-refractivity contribution is 5.89. The summed E-state index contributed by atoms with van der Waals surface area (Å²) in [5.74, 6) is 0. The van der Waals surface area contributed by atoms with Crippen LogP contribution in [0.3, 0.4) is 0 Å². The third-order valence-electron chi connectivity index (χ3n) is 2.50. The zero-order chi connectivity index (χ0) is 11.8. The van der Waals surface area contributed by atoms with Gasteiger partial charge in [0.05, 0.1) is 0 Å². The van der Waals surface area contributed by atoms with E-state index in [0.29, 0.717) is 0 Å². The molecule has 88 valence electrons. The highest BCUT2D eigenvalue weighted by Crippen LogP contribution is 2.06. The van der Waals surface area contributed by atoms with Crippen LogP contribution in [0.15, 0.2) is 30.3 Å². The van der Waals surface area contributed by atoms with Crippen LogP contribution in [0.1, 0.15) is 33.1 Å². The van der Waals surface area contributed by atoms with Gasteiger partial charge in [0.1, 0.15) is 0 Å². The molecule has 0 fully saturated rings. The Labute approximate surface area is 97.2 Å². The minimum Gasteiger partial charge on any atom is -0.335 e. The number of rotatable bonds is 5. The Morgan fingerprint density at radius 1 is 1.25 bits per heavy atom. The number of carbonyl (C=O) groups is 1. The topological polar surface area (TPSA) is 41.1 Å². The van der Waals surface area contributed by atoms with E-state index in [1.54, 1.807) is 0 Å². The van der Waals surface area contributed by atoms with Gasteiger partial charge in [0.15, 0.2) is 0 Å². The summed E-state index contributed by atoms with van der Waals surface area (Å²) in [6, 6.07) is 9.63. The summed E-state index contributed by atoms with van der Waals surface area (Å²) in [7, 11) is 0. The first-order valence-corrected chi connectivity index (χ1v) is 5.88. The molecule has 16 heavy (non-hydrogen) atoms. The molecule has 2 amide bonds. The summed E-state index contributed by atoms with van der Waals surface area (Å²) in [6.45, 7) is 4.21. The van der Waals surface area contributed by atoms with Gasteiger partial charge in [0.25, 0.3) is 0 Å². The van der Waals surface area contributed by atoms with Crippen molar-refractivity contribution in [3.63, 3.8) is 0 Å². The Kier molecular flexibility index (Phi) is 5.40. The summed E-state index contributed by atoms with van der Waals surface area (Å²) in [5.41, 5.74) is 0.825. The van der Waals surface area contributed by atoms with E-state index < -0.39 is 0 Å². The van der Waals surface area contributed by atoms with Crippen molar-refractivity contribution in [3.05, 3.63) is 30.3 Å². The van der Waals surface area contributed by atoms with Crippen molar-refractivity contribution in [2.45, 2.75) is 39.2 Å². The van der Waals surface area contributed by atoms with Crippen molar-refractivity contribution in [2.24, 2.45) is 0 Å². The first-order chi connectivity index (χ1) is 7.76. The molecule has 0 radical (unpaired) electrons. The number of carbonyl (C=O) groups excluding carboxylic acids is 1. The highest BCUT2D eigenvalue weighted by atomic mass is 16.2. The lowest BCUT2D eigenvalue weighted by Gasteiger charge is -2.16. The lowest BCUT2D eigenvalue weighted by molar-refractivity contribution is 0.247. The number of amides is 2. The fourth-order valence-corrected chi connectivity index (χ4v) is 1.60. The fraction of sp³-hybridized carbons (Fsp3) is 0.462. The van der Waals surface area contributed by atoms with Crippen LogP contribution in [0.2, 0.25) is 0 Å². The molecule has 3 heteroatoms. The SMILES string of the molecule is CCCC(CC)NC(=O)Nc1ccccc1. The highest BCUT2D eigenvalue weighted by Gasteiger charge is 2.08. The van der Waals surface area contributed by atoms with E-state index in [4.69, 9.17) is 0 Å². The second kappa shape index (κ2) is 6.88. The quantitative estimate of drug-likeness (QED) is 0.784. The Bertz CT molecular complexity index is 311. The maximum atomic E-state index is 11.6. The number of para-hydroxylation sites is 1. The van der Waals surface area contributed by atoms with Gasteiger partial charge in [-0.3, -0.25) is 0 Å². The van der Waals surface area contributed by atoms with Crippen molar-refractivity contribution in [1.82, 2.24) is 5.32 Å². The molecule has 0 aliphatic rings. The van der Waals surface area contributed by atoms with Crippen LogP contribution < -0.4 is 10.6 Å². The van der Waals surface area contributed by atoms with Gasteiger partial charge in [-0.15, -0.1) is 0 Å². The number of urea groups is 1. The Morgan fingerprint density at radius 3 is 2.50 bits per heavy atom. The molecule has 0 spiro atoms. The van der Waals surface area contributed by atoms with Crippen molar-refractivity contribution in [1.29, 1.82) is 0 Å². The predicted octanol–water partition coefficient (Wildman–Crippen LogP) is 3.39. The number of nitrogens with one attached hydrogen (secondary N) is 2. The third-order valence-corrected chi connectivity index (χ3v) is 2.50. The van der Waals surface area contributed by atoms with Gasteiger partial charge in [-0.2, -0.15) is 0 Å². The molecule has 0 aliphatic carbocycles. The molecular formula is C13H20N2O. The van der Waals surface area contributed by atoms with Crippen LogP contribution >= 0.6 is 0 Å². The second-order valence-corrected chi connectivity index (χ2v) is 3.86. The van der Waals surface area contributed by atoms with Crippen molar-refractivity contribution in [3.8, 4) is 0 Å². The van der Waals surface area contributed by atoms with Crippen molar-refractivity contribution in [2.75, 3.05) is 5.32 Å². The zero-order valence-corrected chi connectivity index (χ0v) is 9.99. The molecule has 0 saturated carbocycles. The molecule has 1 atom stereocenters. The van der Waals surface area contributed by atoms with Crippen LogP contribution in [0, 0.1) is 0 Å². The molecule has 0 bridgehead atoms. The molecule has 1 rings (SSSR count). The molecule has 1 aromatic rings. The first-order valence-electron chi connectivity index (χ1n) is 5.88. The van der Waals surface area contributed by atoms with Crippen LogP contribution in [0.25, 0.3) is 0 Å². The molecule has 0 heterocycles. The van der Waals surface area contributed by atoms with Crippen molar-refractivity contribution >= 4 is 11.7 Å². The zero-order valence-electron chi connectivity index (χ0n) is 9.99.